The second-order valence-electron chi connectivity index (χ2n) is 3.86. The lowest BCUT2D eigenvalue weighted by molar-refractivity contribution is 0.0668. The Balaban J connectivity index is 2.66. The Morgan fingerprint density at radius 1 is 1.21 bits per heavy atom. The smallest absolute Gasteiger partial charge is 0.274 e. The molecule has 0 aromatic carbocycles. The zero-order valence-electron chi connectivity index (χ0n) is 11.1. The second kappa shape index (κ2) is 8.79. The number of halogens is 1. The molecule has 0 N–H and O–H groups in total. The quantitative estimate of drug-likeness (QED) is 0.674. The Bertz CT molecular complexity index is 386. The molecule has 6 nitrogen and oxygen atoms in total. The standard InChI is InChI=1S/C12H18ClN3O3/c1-18-6-3-4-16(5-7-19-2)12(17)10-8-15-11(13)9-14-10/h8-9H,3-7H2,1-2H3. The van der Waals surface area contributed by atoms with Crippen molar-refractivity contribution in [1.29, 1.82) is 0 Å². The number of ether oxygens (including phenoxy) is 2. The third kappa shape index (κ3) is 5.50. The van der Waals surface area contributed by atoms with Gasteiger partial charge in [-0.3, -0.25) is 4.79 Å². The van der Waals surface area contributed by atoms with Crippen molar-refractivity contribution in [2.75, 3.05) is 40.5 Å². The minimum absolute atomic E-state index is 0.183. The van der Waals surface area contributed by atoms with Crippen molar-refractivity contribution >= 4 is 17.5 Å². The fraction of sp³-hybridized carbons (Fsp3) is 0.583. The van der Waals surface area contributed by atoms with Crippen LogP contribution in [0.25, 0.3) is 0 Å². The largest absolute Gasteiger partial charge is 0.385 e. The Hall–Kier alpha value is -1.24. The number of carbonyl (C=O) groups is 1. The van der Waals surface area contributed by atoms with Gasteiger partial charge in [-0.15, -0.1) is 0 Å². The van der Waals surface area contributed by atoms with Crippen LogP contribution in [0, 0.1) is 0 Å². The molecule has 0 spiro atoms. The van der Waals surface area contributed by atoms with Crippen LogP contribution in [0.5, 0.6) is 0 Å². The first-order valence-electron chi connectivity index (χ1n) is 5.93. The molecule has 0 saturated heterocycles. The number of aromatic nitrogens is 2. The highest BCUT2D eigenvalue weighted by atomic mass is 35.5. The van der Waals surface area contributed by atoms with E-state index in [0.717, 1.165) is 6.42 Å². The van der Waals surface area contributed by atoms with Crippen LogP contribution in [0.1, 0.15) is 16.9 Å². The summed E-state index contributed by atoms with van der Waals surface area (Å²) in [5, 5.41) is 0.263. The SMILES string of the molecule is COCCCN(CCOC)C(=O)c1cnc(Cl)cn1. The van der Waals surface area contributed by atoms with Crippen LogP contribution in [0.4, 0.5) is 0 Å². The molecule has 0 aliphatic carbocycles. The fourth-order valence-corrected chi connectivity index (χ4v) is 1.60. The summed E-state index contributed by atoms with van der Waals surface area (Å²) in [5.74, 6) is -0.183. The van der Waals surface area contributed by atoms with E-state index in [1.54, 1.807) is 19.1 Å². The number of nitrogens with zero attached hydrogens (tertiary/aromatic N) is 3. The van der Waals surface area contributed by atoms with Crippen molar-refractivity contribution < 1.29 is 14.3 Å². The maximum Gasteiger partial charge on any atom is 0.274 e. The minimum atomic E-state index is -0.183. The maximum absolute atomic E-state index is 12.2. The second-order valence-corrected chi connectivity index (χ2v) is 4.24. The lowest BCUT2D eigenvalue weighted by Crippen LogP contribution is -2.35. The van der Waals surface area contributed by atoms with E-state index in [2.05, 4.69) is 9.97 Å². The number of carbonyl (C=O) groups excluding carboxylic acids is 1. The third-order valence-electron chi connectivity index (χ3n) is 2.47. The molecule has 0 radical (unpaired) electrons. The summed E-state index contributed by atoms with van der Waals surface area (Å²) >= 11 is 5.65. The van der Waals surface area contributed by atoms with Crippen molar-refractivity contribution in [3.05, 3.63) is 23.2 Å². The van der Waals surface area contributed by atoms with Gasteiger partial charge in [0.1, 0.15) is 10.8 Å². The lowest BCUT2D eigenvalue weighted by atomic mass is 10.3. The van der Waals surface area contributed by atoms with Crippen molar-refractivity contribution in [2.45, 2.75) is 6.42 Å². The van der Waals surface area contributed by atoms with Gasteiger partial charge in [-0.25, -0.2) is 9.97 Å². The monoisotopic (exact) mass is 287 g/mol. The molecule has 106 valence electrons. The van der Waals surface area contributed by atoms with Crippen molar-refractivity contribution in [3.63, 3.8) is 0 Å². The Morgan fingerprint density at radius 2 is 1.95 bits per heavy atom. The first-order chi connectivity index (χ1) is 9.19. The summed E-state index contributed by atoms with van der Waals surface area (Å²) in [7, 11) is 3.23. The summed E-state index contributed by atoms with van der Waals surface area (Å²) in [6.45, 7) is 2.16. The van der Waals surface area contributed by atoms with Crippen LogP contribution in [-0.4, -0.2) is 61.3 Å². The molecule has 0 atom stereocenters. The van der Waals surface area contributed by atoms with Crippen LogP contribution in [0.2, 0.25) is 5.15 Å². The topological polar surface area (TPSA) is 64.6 Å². The van der Waals surface area contributed by atoms with Crippen molar-refractivity contribution in [2.24, 2.45) is 0 Å². The molecule has 0 fully saturated rings. The van der Waals surface area contributed by atoms with Gasteiger partial charge in [0.2, 0.25) is 0 Å². The van der Waals surface area contributed by atoms with E-state index < -0.39 is 0 Å². The van der Waals surface area contributed by atoms with Gasteiger partial charge in [0.15, 0.2) is 0 Å². The van der Waals surface area contributed by atoms with Gasteiger partial charge in [-0.05, 0) is 6.42 Å². The Labute approximate surface area is 117 Å². The average Bonchev–Trinajstić information content (AvgIpc) is 2.43. The van der Waals surface area contributed by atoms with Gasteiger partial charge in [-0.1, -0.05) is 11.6 Å². The number of hydrogen-bond acceptors (Lipinski definition) is 5. The Kier molecular flexibility index (Phi) is 7.32. The molecule has 0 aliphatic heterocycles. The van der Waals surface area contributed by atoms with Crippen LogP contribution in [-0.2, 0) is 9.47 Å². The zero-order chi connectivity index (χ0) is 14.1. The van der Waals surface area contributed by atoms with Gasteiger partial charge in [-0.2, -0.15) is 0 Å². The number of rotatable bonds is 8. The van der Waals surface area contributed by atoms with E-state index in [1.165, 1.54) is 12.4 Å². The summed E-state index contributed by atoms with van der Waals surface area (Å²) < 4.78 is 9.98. The normalized spacial score (nSPS) is 10.5. The molecular weight excluding hydrogens is 270 g/mol. The predicted octanol–water partition coefficient (Wildman–Crippen LogP) is 1.26. The first kappa shape index (κ1) is 15.8. The molecule has 0 unspecified atom stereocenters. The molecular formula is C12H18ClN3O3. The molecule has 0 bridgehead atoms. The molecule has 1 amide bonds. The summed E-state index contributed by atoms with van der Waals surface area (Å²) in [6, 6.07) is 0. The van der Waals surface area contributed by atoms with E-state index in [4.69, 9.17) is 21.1 Å². The number of methoxy groups -OCH3 is 2. The van der Waals surface area contributed by atoms with E-state index in [0.29, 0.717) is 26.3 Å². The predicted molar refractivity (Wildman–Crippen MR) is 71.3 cm³/mol. The van der Waals surface area contributed by atoms with Gasteiger partial charge in [0, 0.05) is 33.9 Å². The van der Waals surface area contributed by atoms with Crippen molar-refractivity contribution in [1.82, 2.24) is 14.9 Å². The first-order valence-corrected chi connectivity index (χ1v) is 6.31. The molecule has 7 heteroatoms. The van der Waals surface area contributed by atoms with Crippen LogP contribution in [0.15, 0.2) is 12.4 Å². The highest BCUT2D eigenvalue weighted by Crippen LogP contribution is 2.05. The van der Waals surface area contributed by atoms with Crippen LogP contribution >= 0.6 is 11.6 Å². The highest BCUT2D eigenvalue weighted by Gasteiger charge is 2.16. The summed E-state index contributed by atoms with van der Waals surface area (Å²) in [4.78, 5) is 21.7. The van der Waals surface area contributed by atoms with Crippen molar-refractivity contribution in [3.8, 4) is 0 Å². The van der Waals surface area contributed by atoms with Crippen LogP contribution < -0.4 is 0 Å². The van der Waals surface area contributed by atoms with E-state index in [1.807, 2.05) is 0 Å². The molecule has 19 heavy (non-hydrogen) atoms. The zero-order valence-corrected chi connectivity index (χ0v) is 11.9. The minimum Gasteiger partial charge on any atom is -0.385 e. The molecule has 0 aliphatic rings. The molecule has 1 heterocycles. The van der Waals surface area contributed by atoms with Crippen LogP contribution in [0.3, 0.4) is 0 Å². The Morgan fingerprint density at radius 3 is 2.53 bits per heavy atom. The highest BCUT2D eigenvalue weighted by molar-refractivity contribution is 6.29. The maximum atomic E-state index is 12.2. The van der Waals surface area contributed by atoms with E-state index in [-0.39, 0.29) is 16.8 Å². The third-order valence-corrected chi connectivity index (χ3v) is 2.66. The average molecular weight is 288 g/mol. The molecule has 0 saturated carbocycles. The van der Waals surface area contributed by atoms with Gasteiger partial charge in [0.25, 0.3) is 5.91 Å². The van der Waals surface area contributed by atoms with Gasteiger partial charge >= 0.3 is 0 Å². The molecule has 1 rings (SSSR count). The number of hydrogen-bond donors (Lipinski definition) is 0. The van der Waals surface area contributed by atoms with E-state index in [9.17, 15) is 4.79 Å². The summed E-state index contributed by atoms with van der Waals surface area (Å²) in [6.07, 6.45) is 3.49. The fourth-order valence-electron chi connectivity index (χ4n) is 1.50. The van der Waals surface area contributed by atoms with Gasteiger partial charge in [0.05, 0.1) is 19.0 Å². The molecule has 1 aromatic heterocycles. The molecule has 1 aromatic rings. The lowest BCUT2D eigenvalue weighted by Gasteiger charge is -2.21. The summed E-state index contributed by atoms with van der Waals surface area (Å²) in [5.41, 5.74) is 0.276. The number of amides is 1. The van der Waals surface area contributed by atoms with Gasteiger partial charge < -0.3 is 14.4 Å². The van der Waals surface area contributed by atoms with E-state index >= 15 is 0 Å².